The maximum atomic E-state index is 12.6. The van der Waals surface area contributed by atoms with Crippen LogP contribution in [0.4, 0.5) is 11.5 Å². The second-order valence-electron chi connectivity index (χ2n) is 9.69. The van der Waals surface area contributed by atoms with E-state index in [0.717, 1.165) is 23.6 Å². The monoisotopic (exact) mass is 415 g/mol. The molecule has 1 aromatic carbocycles. The van der Waals surface area contributed by atoms with Crippen molar-refractivity contribution in [2.75, 3.05) is 10.6 Å². The summed E-state index contributed by atoms with van der Waals surface area (Å²) in [5, 5.41) is 7.21. The number of fused-ring (bicyclic) bond motifs is 1. The second kappa shape index (κ2) is 6.94. The van der Waals surface area contributed by atoms with Gasteiger partial charge in [0.1, 0.15) is 17.0 Å². The van der Waals surface area contributed by atoms with Crippen LogP contribution in [-0.2, 0) is 0 Å². The van der Waals surface area contributed by atoms with Crippen LogP contribution in [-0.4, -0.2) is 16.4 Å². The highest BCUT2D eigenvalue weighted by Crippen LogP contribution is 2.56. The minimum atomic E-state index is -0.649. The van der Waals surface area contributed by atoms with Crippen LogP contribution >= 0.6 is 0 Å². The molecule has 4 bridgehead atoms. The van der Waals surface area contributed by atoms with Crippen LogP contribution in [0.15, 0.2) is 57.9 Å². The molecule has 4 aliphatic carbocycles. The summed E-state index contributed by atoms with van der Waals surface area (Å²) in [6, 6.07) is 12.4. The highest BCUT2D eigenvalue weighted by atomic mass is 16.4. The quantitative estimate of drug-likeness (QED) is 0.597. The predicted octanol–water partition coefficient (Wildman–Crippen LogP) is 4.82. The van der Waals surface area contributed by atoms with Crippen LogP contribution in [0.3, 0.4) is 0 Å². The predicted molar refractivity (Wildman–Crippen MR) is 119 cm³/mol. The smallest absolute Gasteiger partial charge is 0.349 e. The summed E-state index contributed by atoms with van der Waals surface area (Å²) >= 11 is 0. The van der Waals surface area contributed by atoms with Crippen molar-refractivity contribution < 1.29 is 9.21 Å². The third-order valence-electron chi connectivity index (χ3n) is 7.34. The molecule has 6 heteroatoms. The van der Waals surface area contributed by atoms with Gasteiger partial charge in [-0.25, -0.2) is 9.78 Å². The van der Waals surface area contributed by atoms with Crippen molar-refractivity contribution in [3.63, 3.8) is 0 Å². The number of amides is 1. The van der Waals surface area contributed by atoms with Gasteiger partial charge in [-0.2, -0.15) is 0 Å². The van der Waals surface area contributed by atoms with Gasteiger partial charge >= 0.3 is 5.63 Å². The first-order valence-electron chi connectivity index (χ1n) is 11.1. The van der Waals surface area contributed by atoms with Gasteiger partial charge in [0.25, 0.3) is 5.91 Å². The van der Waals surface area contributed by atoms with Crippen molar-refractivity contribution in [1.29, 1.82) is 0 Å². The molecule has 4 saturated carbocycles. The van der Waals surface area contributed by atoms with Crippen LogP contribution < -0.4 is 16.3 Å². The van der Waals surface area contributed by atoms with Crippen molar-refractivity contribution in [3.8, 4) is 0 Å². The van der Waals surface area contributed by atoms with E-state index in [4.69, 9.17) is 4.42 Å². The molecule has 0 atom stereocenters. The number of para-hydroxylation sites is 1. The van der Waals surface area contributed by atoms with Crippen LogP contribution in [0.5, 0.6) is 0 Å². The summed E-state index contributed by atoms with van der Waals surface area (Å²) in [4.78, 5) is 29.4. The zero-order chi connectivity index (χ0) is 21.0. The number of rotatable bonds is 4. The molecular formula is C25H25N3O3. The van der Waals surface area contributed by atoms with Crippen molar-refractivity contribution in [3.05, 3.63) is 64.6 Å². The Morgan fingerprint density at radius 3 is 2.39 bits per heavy atom. The summed E-state index contributed by atoms with van der Waals surface area (Å²) in [6.45, 7) is 0. The van der Waals surface area contributed by atoms with Crippen molar-refractivity contribution in [2.24, 2.45) is 17.8 Å². The molecule has 4 fully saturated rings. The zero-order valence-electron chi connectivity index (χ0n) is 17.3. The Hall–Kier alpha value is -3.15. The van der Waals surface area contributed by atoms with Crippen LogP contribution in [0.1, 0.15) is 48.9 Å². The molecule has 7 rings (SSSR count). The maximum absolute atomic E-state index is 12.6. The van der Waals surface area contributed by atoms with Gasteiger partial charge in [-0.05, 0) is 80.5 Å². The Bertz CT molecular complexity index is 1180. The van der Waals surface area contributed by atoms with Crippen molar-refractivity contribution >= 4 is 28.4 Å². The van der Waals surface area contributed by atoms with Gasteiger partial charge in [0.05, 0.1) is 11.9 Å². The highest BCUT2D eigenvalue weighted by molar-refractivity contribution is 6.05. The summed E-state index contributed by atoms with van der Waals surface area (Å²) < 4.78 is 5.26. The van der Waals surface area contributed by atoms with E-state index in [1.54, 1.807) is 24.4 Å². The normalized spacial score (nSPS) is 28.6. The number of nitrogens with one attached hydrogen (secondary N) is 2. The van der Waals surface area contributed by atoms with E-state index in [1.807, 2.05) is 24.3 Å². The summed E-state index contributed by atoms with van der Waals surface area (Å²) in [5.41, 5.74) is 0.537. The minimum absolute atomic E-state index is 0.0190. The van der Waals surface area contributed by atoms with Crippen LogP contribution in [0, 0.1) is 17.8 Å². The number of nitrogens with zero attached hydrogens (tertiary/aromatic N) is 1. The fourth-order valence-electron chi connectivity index (χ4n) is 6.50. The number of carbonyl (C=O) groups is 1. The Morgan fingerprint density at radius 1 is 1.00 bits per heavy atom. The first-order valence-corrected chi connectivity index (χ1v) is 11.1. The van der Waals surface area contributed by atoms with Gasteiger partial charge in [0.2, 0.25) is 0 Å². The largest absolute Gasteiger partial charge is 0.422 e. The molecule has 0 aliphatic heterocycles. The number of hydrogen-bond donors (Lipinski definition) is 2. The molecule has 4 aliphatic rings. The molecule has 0 saturated heterocycles. The number of pyridine rings is 1. The molecular weight excluding hydrogens is 390 g/mol. The number of carbonyl (C=O) groups excluding carboxylic acids is 1. The molecule has 6 nitrogen and oxygen atoms in total. The van der Waals surface area contributed by atoms with Gasteiger partial charge in [-0.15, -0.1) is 0 Å². The first-order chi connectivity index (χ1) is 15.1. The molecule has 0 unspecified atom stereocenters. The summed E-state index contributed by atoms with van der Waals surface area (Å²) in [5.74, 6) is 2.95. The van der Waals surface area contributed by atoms with Gasteiger partial charge in [-0.3, -0.25) is 4.79 Å². The average Bonchev–Trinajstić information content (AvgIpc) is 2.73. The summed E-state index contributed by atoms with van der Waals surface area (Å²) in [6.07, 6.45) is 9.60. The standard InChI is InChI=1S/C25H25N3O3/c29-23(20-10-18-3-1-2-4-21(18)31-24(20)30)27-19-5-6-22(26-14-19)28-25-11-15-7-16(12-25)9-17(8-15)13-25/h1-6,10,14-17H,7-9,11-13H2,(H,26,28)(H,27,29). The van der Waals surface area contributed by atoms with E-state index in [2.05, 4.69) is 15.6 Å². The fraction of sp³-hybridized carbons (Fsp3) is 0.400. The second-order valence-corrected chi connectivity index (χ2v) is 9.69. The maximum Gasteiger partial charge on any atom is 0.349 e. The molecule has 158 valence electrons. The number of anilines is 2. The van der Waals surface area contributed by atoms with Gasteiger partial charge in [-0.1, -0.05) is 18.2 Å². The van der Waals surface area contributed by atoms with E-state index >= 15 is 0 Å². The summed E-state index contributed by atoms with van der Waals surface area (Å²) in [7, 11) is 0. The molecule has 2 N–H and O–H groups in total. The van der Waals surface area contributed by atoms with E-state index in [1.165, 1.54) is 38.5 Å². The zero-order valence-corrected chi connectivity index (χ0v) is 17.3. The first kappa shape index (κ1) is 18.6. The third-order valence-corrected chi connectivity index (χ3v) is 7.34. The van der Waals surface area contributed by atoms with E-state index in [0.29, 0.717) is 16.7 Å². The molecule has 31 heavy (non-hydrogen) atoms. The lowest BCUT2D eigenvalue weighted by molar-refractivity contribution is 0.0105. The molecule has 2 heterocycles. The minimum Gasteiger partial charge on any atom is -0.422 e. The molecule has 1 amide bonds. The number of hydrogen-bond acceptors (Lipinski definition) is 5. The molecule has 3 aromatic rings. The highest BCUT2D eigenvalue weighted by Gasteiger charge is 2.51. The van der Waals surface area contributed by atoms with E-state index < -0.39 is 11.5 Å². The Kier molecular flexibility index (Phi) is 4.16. The third kappa shape index (κ3) is 3.40. The van der Waals surface area contributed by atoms with E-state index in [9.17, 15) is 9.59 Å². The number of aromatic nitrogens is 1. The average molecular weight is 415 g/mol. The van der Waals surface area contributed by atoms with Crippen LogP contribution in [0.25, 0.3) is 11.0 Å². The van der Waals surface area contributed by atoms with Gasteiger partial charge < -0.3 is 15.1 Å². The SMILES string of the molecule is O=C(Nc1ccc(NC23CC4CC(CC(C4)C2)C3)nc1)c1cc2ccccc2oc1=O. The topological polar surface area (TPSA) is 84.2 Å². The Morgan fingerprint density at radius 2 is 1.71 bits per heavy atom. The Balaban J connectivity index is 1.17. The lowest BCUT2D eigenvalue weighted by atomic mass is 9.53. The lowest BCUT2D eigenvalue weighted by Crippen LogP contribution is -2.54. The molecule has 2 aromatic heterocycles. The molecule has 0 radical (unpaired) electrons. The van der Waals surface area contributed by atoms with Crippen molar-refractivity contribution in [2.45, 2.75) is 44.1 Å². The van der Waals surface area contributed by atoms with Crippen molar-refractivity contribution in [1.82, 2.24) is 4.98 Å². The Labute approximate surface area is 180 Å². The lowest BCUT2D eigenvalue weighted by Gasteiger charge is -2.57. The van der Waals surface area contributed by atoms with Gasteiger partial charge in [0, 0.05) is 10.9 Å². The number of benzene rings is 1. The van der Waals surface area contributed by atoms with Crippen LogP contribution in [0.2, 0.25) is 0 Å². The molecule has 0 spiro atoms. The van der Waals surface area contributed by atoms with Gasteiger partial charge in [0.15, 0.2) is 0 Å². The fourth-order valence-corrected chi connectivity index (χ4v) is 6.50. The van der Waals surface area contributed by atoms with E-state index in [-0.39, 0.29) is 11.1 Å².